The second kappa shape index (κ2) is 8.04. The van der Waals surface area contributed by atoms with Gasteiger partial charge in [0.25, 0.3) is 5.91 Å². The number of benzene rings is 1. The van der Waals surface area contributed by atoms with Gasteiger partial charge in [-0.1, -0.05) is 24.6 Å². The summed E-state index contributed by atoms with van der Waals surface area (Å²) in [7, 11) is 0. The number of nitrogens with zero attached hydrogens (tertiary/aromatic N) is 1. The Morgan fingerprint density at radius 2 is 2.25 bits per heavy atom. The van der Waals surface area contributed by atoms with Gasteiger partial charge in [0.05, 0.1) is 0 Å². The lowest BCUT2D eigenvalue weighted by Crippen LogP contribution is -2.35. The zero-order chi connectivity index (χ0) is 16.9. The molecule has 4 nitrogen and oxygen atoms in total. The quantitative estimate of drug-likeness (QED) is 0.774. The minimum Gasteiger partial charge on any atom is -0.351 e. The van der Waals surface area contributed by atoms with Crippen LogP contribution < -0.4 is 5.32 Å². The Kier molecular flexibility index (Phi) is 5.80. The van der Waals surface area contributed by atoms with Crippen LogP contribution in [0.1, 0.15) is 43.1 Å². The van der Waals surface area contributed by atoms with E-state index in [0.29, 0.717) is 10.7 Å². The molecule has 130 valence electrons. The first-order valence-corrected chi connectivity index (χ1v) is 9.28. The van der Waals surface area contributed by atoms with Gasteiger partial charge in [0, 0.05) is 29.0 Å². The van der Waals surface area contributed by atoms with Crippen molar-refractivity contribution in [3.8, 4) is 0 Å². The second-order valence-corrected chi connectivity index (χ2v) is 7.36. The van der Waals surface area contributed by atoms with E-state index >= 15 is 0 Å². The largest absolute Gasteiger partial charge is 0.351 e. The highest BCUT2D eigenvalue weighted by Crippen LogP contribution is 2.20. The lowest BCUT2D eigenvalue weighted by Gasteiger charge is -2.30. The molecular formula is C19H26ClN3O. The van der Waals surface area contributed by atoms with Crippen molar-refractivity contribution in [2.75, 3.05) is 26.2 Å². The number of carbonyl (C=O) groups excluding carboxylic acids is 1. The molecule has 1 fully saturated rings. The summed E-state index contributed by atoms with van der Waals surface area (Å²) in [6, 6.07) is 7.47. The number of unbranched alkanes of at least 4 members (excludes halogenated alkanes) is 1. The zero-order valence-electron chi connectivity index (χ0n) is 14.3. The maximum Gasteiger partial charge on any atom is 0.267 e. The van der Waals surface area contributed by atoms with E-state index < -0.39 is 0 Å². The standard InChI is InChI=1S/C19H26ClN3O/c1-14-5-4-10-23(13-14)9-3-2-8-21-19(24)18-11-15-6-7-16(20)12-17(15)22-18/h6-7,11-12,14,22H,2-5,8-10,13H2,1H3,(H,21,24). The molecule has 0 saturated carbocycles. The molecule has 1 saturated heterocycles. The van der Waals surface area contributed by atoms with Gasteiger partial charge in [-0.2, -0.15) is 0 Å². The number of rotatable bonds is 6. The summed E-state index contributed by atoms with van der Waals surface area (Å²) < 4.78 is 0. The molecule has 1 amide bonds. The number of halogens is 1. The minimum atomic E-state index is -0.0473. The van der Waals surface area contributed by atoms with Crippen molar-refractivity contribution in [3.05, 3.63) is 35.0 Å². The third-order valence-corrected chi connectivity index (χ3v) is 4.99. The number of piperidine rings is 1. The van der Waals surface area contributed by atoms with Crippen molar-refractivity contribution in [1.29, 1.82) is 0 Å². The van der Waals surface area contributed by atoms with E-state index in [0.717, 1.165) is 42.8 Å². The van der Waals surface area contributed by atoms with Gasteiger partial charge >= 0.3 is 0 Å². The molecule has 2 heterocycles. The molecule has 0 radical (unpaired) electrons. The van der Waals surface area contributed by atoms with E-state index in [1.165, 1.54) is 25.9 Å². The molecule has 0 aliphatic carbocycles. The SMILES string of the molecule is CC1CCCN(CCCCNC(=O)c2cc3ccc(Cl)cc3[nH]2)C1. The fraction of sp³-hybridized carbons (Fsp3) is 0.526. The molecule has 0 bridgehead atoms. The highest BCUT2D eigenvalue weighted by molar-refractivity contribution is 6.31. The lowest BCUT2D eigenvalue weighted by atomic mass is 10.0. The van der Waals surface area contributed by atoms with Gasteiger partial charge in [0.15, 0.2) is 0 Å². The second-order valence-electron chi connectivity index (χ2n) is 6.93. The van der Waals surface area contributed by atoms with Crippen LogP contribution in [0.3, 0.4) is 0 Å². The molecule has 5 heteroatoms. The summed E-state index contributed by atoms with van der Waals surface area (Å²) in [6.07, 6.45) is 4.84. The lowest BCUT2D eigenvalue weighted by molar-refractivity contribution is 0.0948. The number of H-pyrrole nitrogens is 1. The Balaban J connectivity index is 1.40. The zero-order valence-corrected chi connectivity index (χ0v) is 15.0. The first-order valence-electron chi connectivity index (χ1n) is 8.90. The van der Waals surface area contributed by atoms with Crippen LogP contribution in [0.15, 0.2) is 24.3 Å². The van der Waals surface area contributed by atoms with Gasteiger partial charge in [-0.25, -0.2) is 0 Å². The first-order chi connectivity index (χ1) is 11.6. The summed E-state index contributed by atoms with van der Waals surface area (Å²) in [6.45, 7) is 6.65. The number of carbonyl (C=O) groups is 1. The number of likely N-dealkylation sites (tertiary alicyclic amines) is 1. The van der Waals surface area contributed by atoms with Crippen LogP contribution in [-0.2, 0) is 0 Å². The summed E-state index contributed by atoms with van der Waals surface area (Å²) in [5.41, 5.74) is 1.49. The average Bonchev–Trinajstić information content (AvgIpc) is 2.97. The van der Waals surface area contributed by atoms with E-state index in [1.807, 2.05) is 24.3 Å². The molecule has 3 rings (SSSR count). The maximum absolute atomic E-state index is 12.2. The van der Waals surface area contributed by atoms with Crippen LogP contribution in [0.5, 0.6) is 0 Å². The molecule has 1 aliphatic rings. The normalized spacial score (nSPS) is 18.8. The smallest absolute Gasteiger partial charge is 0.267 e. The third-order valence-electron chi connectivity index (χ3n) is 4.76. The van der Waals surface area contributed by atoms with Crippen LogP contribution in [0.4, 0.5) is 0 Å². The molecule has 2 N–H and O–H groups in total. The van der Waals surface area contributed by atoms with Gasteiger partial charge < -0.3 is 15.2 Å². The number of fused-ring (bicyclic) bond motifs is 1. The topological polar surface area (TPSA) is 48.1 Å². The molecule has 1 unspecified atom stereocenters. The molecule has 1 aliphatic heterocycles. The van der Waals surface area contributed by atoms with Gasteiger partial charge in [-0.15, -0.1) is 0 Å². The van der Waals surface area contributed by atoms with Crippen LogP contribution in [0.25, 0.3) is 10.9 Å². The van der Waals surface area contributed by atoms with Crippen LogP contribution in [-0.4, -0.2) is 42.0 Å². The highest BCUT2D eigenvalue weighted by Gasteiger charge is 2.15. The number of hydrogen-bond acceptors (Lipinski definition) is 2. The predicted molar refractivity (Wildman–Crippen MR) is 99.7 cm³/mol. The third kappa shape index (κ3) is 4.52. The van der Waals surface area contributed by atoms with Crippen LogP contribution >= 0.6 is 11.6 Å². The van der Waals surface area contributed by atoms with Crippen molar-refractivity contribution in [2.24, 2.45) is 5.92 Å². The molecule has 24 heavy (non-hydrogen) atoms. The van der Waals surface area contributed by atoms with Crippen molar-refractivity contribution in [1.82, 2.24) is 15.2 Å². The van der Waals surface area contributed by atoms with Crippen molar-refractivity contribution in [2.45, 2.75) is 32.6 Å². The monoisotopic (exact) mass is 347 g/mol. The Morgan fingerprint density at radius 3 is 3.08 bits per heavy atom. The molecule has 1 aromatic heterocycles. The van der Waals surface area contributed by atoms with E-state index in [4.69, 9.17) is 11.6 Å². The van der Waals surface area contributed by atoms with Crippen LogP contribution in [0, 0.1) is 5.92 Å². The van der Waals surface area contributed by atoms with Crippen molar-refractivity contribution >= 4 is 28.4 Å². The van der Waals surface area contributed by atoms with Crippen LogP contribution in [0.2, 0.25) is 5.02 Å². The number of nitrogens with one attached hydrogen (secondary N) is 2. The van der Waals surface area contributed by atoms with E-state index in [-0.39, 0.29) is 5.91 Å². The summed E-state index contributed by atoms with van der Waals surface area (Å²) >= 11 is 5.97. The van der Waals surface area contributed by atoms with Gasteiger partial charge in [-0.3, -0.25) is 4.79 Å². The Hall–Kier alpha value is -1.52. The fourth-order valence-corrected chi connectivity index (χ4v) is 3.64. The van der Waals surface area contributed by atoms with E-state index in [1.54, 1.807) is 0 Å². The number of aromatic nitrogens is 1. The molecular weight excluding hydrogens is 322 g/mol. The van der Waals surface area contributed by atoms with E-state index in [2.05, 4.69) is 22.1 Å². The summed E-state index contributed by atoms with van der Waals surface area (Å²) in [5.74, 6) is 0.780. The highest BCUT2D eigenvalue weighted by atomic mass is 35.5. The van der Waals surface area contributed by atoms with Gasteiger partial charge in [-0.05, 0) is 62.9 Å². The van der Waals surface area contributed by atoms with Crippen molar-refractivity contribution < 1.29 is 4.79 Å². The Morgan fingerprint density at radius 1 is 1.38 bits per heavy atom. The molecule has 1 atom stereocenters. The Labute approximate surface area is 148 Å². The maximum atomic E-state index is 12.2. The Bertz CT molecular complexity index is 697. The summed E-state index contributed by atoms with van der Waals surface area (Å²) in [5, 5.41) is 4.67. The molecule has 0 spiro atoms. The number of amides is 1. The molecule has 1 aromatic carbocycles. The fourth-order valence-electron chi connectivity index (χ4n) is 3.47. The van der Waals surface area contributed by atoms with Gasteiger partial charge in [0.1, 0.15) is 5.69 Å². The number of hydrogen-bond donors (Lipinski definition) is 2. The average molecular weight is 348 g/mol. The van der Waals surface area contributed by atoms with Gasteiger partial charge in [0.2, 0.25) is 0 Å². The minimum absolute atomic E-state index is 0.0473. The molecule has 2 aromatic rings. The predicted octanol–water partition coefficient (Wildman–Crippen LogP) is 4.06. The summed E-state index contributed by atoms with van der Waals surface area (Å²) in [4.78, 5) is 17.9. The first kappa shape index (κ1) is 17.3. The number of aromatic amines is 1. The van der Waals surface area contributed by atoms with Crippen molar-refractivity contribution in [3.63, 3.8) is 0 Å². The van der Waals surface area contributed by atoms with E-state index in [9.17, 15) is 4.79 Å².